The minimum Gasteiger partial charge on any atom is -0.295 e. The molecule has 6 heteroatoms. The molecule has 0 aromatic heterocycles. The molecule has 0 saturated heterocycles. The van der Waals surface area contributed by atoms with Crippen LogP contribution in [0.5, 0.6) is 0 Å². The molecular formula is C15H12BrNO3S. The number of hydrogen-bond acceptors (Lipinski definition) is 4. The molecule has 0 amide bonds. The lowest BCUT2D eigenvalue weighted by molar-refractivity contribution is -0.384. The molecule has 0 fully saturated rings. The first-order valence-corrected chi connectivity index (χ1v) is 7.92. The van der Waals surface area contributed by atoms with Crippen LogP contribution < -0.4 is 0 Å². The molecule has 2 rings (SSSR count). The van der Waals surface area contributed by atoms with Gasteiger partial charge in [0.05, 0.1) is 4.92 Å². The van der Waals surface area contributed by atoms with Gasteiger partial charge in [-0.3, -0.25) is 14.9 Å². The molecule has 0 radical (unpaired) electrons. The topological polar surface area (TPSA) is 60.2 Å². The molecule has 108 valence electrons. The maximum Gasteiger partial charge on any atom is 0.270 e. The van der Waals surface area contributed by atoms with E-state index in [1.54, 1.807) is 30.0 Å². The average molecular weight is 366 g/mol. The van der Waals surface area contributed by atoms with Gasteiger partial charge in [-0.2, -0.15) is 0 Å². The Morgan fingerprint density at radius 3 is 2.43 bits per heavy atom. The molecule has 21 heavy (non-hydrogen) atoms. The molecule has 0 saturated carbocycles. The largest absolute Gasteiger partial charge is 0.295 e. The van der Waals surface area contributed by atoms with Gasteiger partial charge in [0.15, 0.2) is 5.78 Å². The molecule has 0 unspecified atom stereocenters. The van der Waals surface area contributed by atoms with Gasteiger partial charge in [0, 0.05) is 32.8 Å². The van der Waals surface area contributed by atoms with Crippen LogP contribution in [0.1, 0.15) is 22.8 Å². The van der Waals surface area contributed by atoms with Crippen molar-refractivity contribution in [3.05, 3.63) is 68.2 Å². The highest BCUT2D eigenvalue weighted by Gasteiger charge is 2.09. The number of carbonyl (C=O) groups excluding carboxylic acids is 1. The van der Waals surface area contributed by atoms with E-state index in [0.29, 0.717) is 11.3 Å². The molecule has 4 nitrogen and oxygen atoms in total. The van der Waals surface area contributed by atoms with Crippen molar-refractivity contribution in [3.63, 3.8) is 0 Å². The van der Waals surface area contributed by atoms with E-state index in [4.69, 9.17) is 0 Å². The first-order chi connectivity index (χ1) is 9.97. The quantitative estimate of drug-likeness (QED) is 0.328. The van der Waals surface area contributed by atoms with Gasteiger partial charge in [-0.15, -0.1) is 11.8 Å². The standard InChI is InChI=1S/C15H12BrNO3S/c1-10(18)11-3-6-14(7-4-11)21-9-12-2-5-13(17(19)20)8-15(12)16/h2-8H,9H2,1H3. The van der Waals surface area contributed by atoms with Gasteiger partial charge >= 0.3 is 0 Å². The second-order valence-corrected chi connectivity index (χ2v) is 6.31. The molecule has 0 atom stereocenters. The van der Waals surface area contributed by atoms with Crippen molar-refractivity contribution in [1.29, 1.82) is 0 Å². The van der Waals surface area contributed by atoms with E-state index in [1.165, 1.54) is 19.1 Å². The molecule has 0 N–H and O–H groups in total. The monoisotopic (exact) mass is 365 g/mol. The van der Waals surface area contributed by atoms with Gasteiger partial charge in [-0.1, -0.05) is 34.1 Å². The number of nitrogens with zero attached hydrogens (tertiary/aromatic N) is 1. The second kappa shape index (κ2) is 6.87. The van der Waals surface area contributed by atoms with Crippen molar-refractivity contribution in [2.24, 2.45) is 0 Å². The fourth-order valence-corrected chi connectivity index (χ4v) is 3.31. The molecule has 0 spiro atoms. The van der Waals surface area contributed by atoms with Crippen molar-refractivity contribution >= 4 is 39.2 Å². The van der Waals surface area contributed by atoms with Gasteiger partial charge < -0.3 is 0 Å². The van der Waals surface area contributed by atoms with Crippen molar-refractivity contribution in [3.8, 4) is 0 Å². The molecule has 0 aliphatic heterocycles. The minimum atomic E-state index is -0.415. The molecule has 0 aliphatic carbocycles. The molecule has 0 aliphatic rings. The third kappa shape index (κ3) is 4.15. The SMILES string of the molecule is CC(=O)c1ccc(SCc2ccc([N+](=O)[O-])cc2Br)cc1. The number of hydrogen-bond donors (Lipinski definition) is 0. The highest BCUT2D eigenvalue weighted by molar-refractivity contribution is 9.10. The summed E-state index contributed by atoms with van der Waals surface area (Å²) in [5.41, 5.74) is 1.75. The first-order valence-electron chi connectivity index (χ1n) is 6.14. The van der Waals surface area contributed by atoms with E-state index in [0.717, 1.165) is 14.9 Å². The molecule has 2 aromatic carbocycles. The predicted molar refractivity (Wildman–Crippen MR) is 86.8 cm³/mol. The number of non-ortho nitro benzene ring substituents is 1. The Balaban J connectivity index is 2.06. The Bertz CT molecular complexity index is 686. The zero-order valence-electron chi connectivity index (χ0n) is 11.2. The number of thioether (sulfide) groups is 1. The average Bonchev–Trinajstić information content (AvgIpc) is 2.46. The summed E-state index contributed by atoms with van der Waals surface area (Å²) in [6, 6.07) is 12.2. The number of benzene rings is 2. The summed E-state index contributed by atoms with van der Waals surface area (Å²) in [6.07, 6.45) is 0. The Morgan fingerprint density at radius 1 is 1.24 bits per heavy atom. The number of nitro groups is 1. The number of rotatable bonds is 5. The predicted octanol–water partition coefficient (Wildman–Crippen LogP) is 4.85. The van der Waals surface area contributed by atoms with E-state index >= 15 is 0 Å². The highest BCUT2D eigenvalue weighted by atomic mass is 79.9. The summed E-state index contributed by atoms with van der Waals surface area (Å²) in [7, 11) is 0. The zero-order chi connectivity index (χ0) is 15.4. The number of Topliss-reactive ketones (excluding diaryl/α,β-unsaturated/α-hetero) is 1. The van der Waals surface area contributed by atoms with E-state index in [2.05, 4.69) is 15.9 Å². The molecule has 0 bridgehead atoms. The molecule has 0 heterocycles. The van der Waals surface area contributed by atoms with Gasteiger partial charge in [-0.25, -0.2) is 0 Å². The minimum absolute atomic E-state index is 0.0460. The van der Waals surface area contributed by atoms with Crippen LogP contribution in [-0.4, -0.2) is 10.7 Å². The lowest BCUT2D eigenvalue weighted by Crippen LogP contribution is -1.91. The van der Waals surface area contributed by atoms with Crippen LogP contribution in [0.25, 0.3) is 0 Å². The third-order valence-electron chi connectivity index (χ3n) is 2.90. The summed E-state index contributed by atoms with van der Waals surface area (Å²) in [4.78, 5) is 22.5. The van der Waals surface area contributed by atoms with Crippen LogP contribution in [-0.2, 0) is 5.75 Å². The number of halogens is 1. The molecule has 2 aromatic rings. The van der Waals surface area contributed by atoms with Crippen LogP contribution in [0.2, 0.25) is 0 Å². The van der Waals surface area contributed by atoms with E-state index < -0.39 is 4.92 Å². The smallest absolute Gasteiger partial charge is 0.270 e. The second-order valence-electron chi connectivity index (χ2n) is 4.40. The van der Waals surface area contributed by atoms with Crippen LogP contribution in [0.4, 0.5) is 5.69 Å². The zero-order valence-corrected chi connectivity index (χ0v) is 13.6. The Labute approximate surface area is 134 Å². The Hall–Kier alpha value is -1.66. The van der Waals surface area contributed by atoms with Gasteiger partial charge in [0.2, 0.25) is 0 Å². The maximum absolute atomic E-state index is 11.2. The van der Waals surface area contributed by atoms with Gasteiger partial charge in [-0.05, 0) is 24.6 Å². The molecular weight excluding hydrogens is 354 g/mol. The van der Waals surface area contributed by atoms with Gasteiger partial charge in [0.25, 0.3) is 5.69 Å². The fourth-order valence-electron chi connectivity index (χ4n) is 1.71. The summed E-state index contributed by atoms with van der Waals surface area (Å²) in [6.45, 7) is 1.54. The van der Waals surface area contributed by atoms with Crippen LogP contribution in [0.3, 0.4) is 0 Å². The van der Waals surface area contributed by atoms with Crippen molar-refractivity contribution in [1.82, 2.24) is 0 Å². The van der Waals surface area contributed by atoms with Crippen LogP contribution in [0, 0.1) is 10.1 Å². The summed E-state index contributed by atoms with van der Waals surface area (Å²) < 4.78 is 0.726. The Kier molecular flexibility index (Phi) is 5.14. The maximum atomic E-state index is 11.2. The third-order valence-corrected chi connectivity index (χ3v) is 4.70. The Morgan fingerprint density at radius 2 is 1.90 bits per heavy atom. The van der Waals surface area contributed by atoms with E-state index in [9.17, 15) is 14.9 Å². The fraction of sp³-hybridized carbons (Fsp3) is 0.133. The van der Waals surface area contributed by atoms with E-state index in [1.807, 2.05) is 12.1 Å². The number of ketones is 1. The van der Waals surface area contributed by atoms with Crippen LogP contribution >= 0.6 is 27.7 Å². The summed E-state index contributed by atoms with van der Waals surface area (Å²) >= 11 is 4.97. The normalized spacial score (nSPS) is 10.4. The van der Waals surface area contributed by atoms with Gasteiger partial charge in [0.1, 0.15) is 0 Å². The van der Waals surface area contributed by atoms with Crippen molar-refractivity contribution in [2.75, 3.05) is 0 Å². The van der Waals surface area contributed by atoms with E-state index in [-0.39, 0.29) is 11.5 Å². The van der Waals surface area contributed by atoms with Crippen LogP contribution in [0.15, 0.2) is 51.8 Å². The highest BCUT2D eigenvalue weighted by Crippen LogP contribution is 2.29. The first kappa shape index (κ1) is 15.7. The summed E-state index contributed by atoms with van der Waals surface area (Å²) in [5, 5.41) is 10.7. The number of carbonyl (C=O) groups is 1. The van der Waals surface area contributed by atoms with Crippen molar-refractivity contribution in [2.45, 2.75) is 17.6 Å². The number of nitro benzene ring substituents is 1. The lowest BCUT2D eigenvalue weighted by Gasteiger charge is -2.05. The summed E-state index contributed by atoms with van der Waals surface area (Å²) in [5.74, 6) is 0.738. The van der Waals surface area contributed by atoms with Crippen molar-refractivity contribution < 1.29 is 9.72 Å². The lowest BCUT2D eigenvalue weighted by atomic mass is 10.2.